The van der Waals surface area contributed by atoms with Gasteiger partial charge in [-0.3, -0.25) is 0 Å². The molecule has 2 bridgehead atoms. The van der Waals surface area contributed by atoms with E-state index < -0.39 is 0 Å². The minimum Gasteiger partial charge on any atom is -0.311 e. The summed E-state index contributed by atoms with van der Waals surface area (Å²) >= 11 is 0. The van der Waals surface area contributed by atoms with Crippen molar-refractivity contribution < 1.29 is 0 Å². The minimum absolute atomic E-state index is 0.343. The molecule has 1 aromatic heterocycles. The van der Waals surface area contributed by atoms with Gasteiger partial charge in [0.2, 0.25) is 0 Å². The SMILES string of the molecule is C[C@H]1C[C@H]2C[C@H]3CC(c4ccc(N(c5ccc(-c6ccc(-c7cccc(-n8c9ccccc9c9ccccc98)c7)cc6)cc5)c5ccc(-c6cccc7ccccc67)cc5)cc4)(CC23)C1. The Hall–Kier alpha value is -7.16. The highest BCUT2D eigenvalue weighted by Crippen LogP contribution is 2.65. The van der Waals surface area contributed by atoms with Gasteiger partial charge in [-0.25, -0.2) is 0 Å². The molecule has 3 aliphatic carbocycles. The molecule has 9 aromatic carbocycles. The van der Waals surface area contributed by atoms with Gasteiger partial charge in [-0.05, 0) is 172 Å². The molecule has 13 rings (SSSR count). The fraction of sp³-hybridized carbons (Fsp3) is 0.175. The number of anilines is 3. The average Bonchev–Trinajstić information content (AvgIpc) is 3.81. The van der Waals surface area contributed by atoms with Crippen molar-refractivity contribution in [2.24, 2.45) is 23.7 Å². The second-order valence-electron chi connectivity index (χ2n) is 19.7. The van der Waals surface area contributed by atoms with Gasteiger partial charge in [0.05, 0.1) is 11.0 Å². The molecule has 0 N–H and O–H groups in total. The van der Waals surface area contributed by atoms with Crippen molar-refractivity contribution in [2.75, 3.05) is 4.90 Å². The zero-order valence-corrected chi connectivity index (χ0v) is 36.9. The molecule has 0 saturated heterocycles. The van der Waals surface area contributed by atoms with Crippen molar-refractivity contribution >= 4 is 49.6 Å². The Morgan fingerprint density at radius 2 is 0.969 bits per heavy atom. The van der Waals surface area contributed by atoms with Gasteiger partial charge in [-0.15, -0.1) is 0 Å². The topological polar surface area (TPSA) is 8.17 Å². The summed E-state index contributed by atoms with van der Waals surface area (Å²) < 4.78 is 2.39. The van der Waals surface area contributed by atoms with Gasteiger partial charge >= 0.3 is 0 Å². The molecule has 2 heteroatoms. The molecule has 0 spiro atoms. The maximum absolute atomic E-state index is 2.51. The third-order valence-electron chi connectivity index (χ3n) is 15.9. The number of aromatic nitrogens is 1. The average molecular weight is 837 g/mol. The Bertz CT molecular complexity index is 3310. The van der Waals surface area contributed by atoms with Crippen molar-refractivity contribution in [3.63, 3.8) is 0 Å². The van der Waals surface area contributed by atoms with Gasteiger partial charge in [0, 0.05) is 33.5 Å². The van der Waals surface area contributed by atoms with Crippen LogP contribution in [0.25, 0.3) is 71.6 Å². The van der Waals surface area contributed by atoms with Gasteiger partial charge < -0.3 is 9.47 Å². The third kappa shape index (κ3) is 6.45. The maximum atomic E-state index is 2.51. The fourth-order valence-corrected chi connectivity index (χ4v) is 13.0. The Morgan fingerprint density at radius 3 is 1.65 bits per heavy atom. The molecular formula is C63H52N2. The van der Waals surface area contributed by atoms with Gasteiger partial charge in [-0.2, -0.15) is 0 Å². The molecule has 3 saturated carbocycles. The first kappa shape index (κ1) is 38.3. The lowest BCUT2D eigenvalue weighted by Gasteiger charge is -2.42. The van der Waals surface area contributed by atoms with Crippen molar-refractivity contribution in [2.45, 2.75) is 44.4 Å². The summed E-state index contributed by atoms with van der Waals surface area (Å²) in [6.07, 6.45) is 7.02. The van der Waals surface area contributed by atoms with E-state index in [1.165, 1.54) is 109 Å². The van der Waals surface area contributed by atoms with E-state index in [2.05, 4.69) is 229 Å². The Balaban J connectivity index is 0.820. The summed E-state index contributed by atoms with van der Waals surface area (Å²) in [6, 6.07) is 78.9. The molecule has 0 aliphatic heterocycles. The first-order valence-electron chi connectivity index (χ1n) is 23.8. The molecule has 2 unspecified atom stereocenters. The third-order valence-corrected chi connectivity index (χ3v) is 15.9. The number of hydrogen-bond acceptors (Lipinski definition) is 1. The molecule has 1 heterocycles. The standard InChI is InChI=1S/C63H52N2/c1-42-36-49-37-50-40-63(39-42,41-60(49)50)51-28-34-54(35-29-51)64(53-32-26-47(27-33-53)57-17-9-11-46-10-2-3-14-56(46)57)52-30-24-44(25-31-52)43-20-22-45(23-21-43)48-12-8-13-55(38-48)65-61-18-6-4-15-58(61)59-16-5-7-19-62(59)65/h2-35,38,42,49-50,60H,36-37,39-41H2,1H3/t42-,49-,50-,60?,63?/m0/s1. The Kier molecular flexibility index (Phi) is 8.98. The van der Waals surface area contributed by atoms with E-state index in [1.54, 1.807) is 5.56 Å². The Labute approximate surface area is 382 Å². The molecular weight excluding hydrogens is 785 g/mol. The zero-order chi connectivity index (χ0) is 43.1. The summed E-state index contributed by atoms with van der Waals surface area (Å²) in [4.78, 5) is 2.44. The maximum Gasteiger partial charge on any atom is 0.0541 e. The number of benzene rings is 9. The number of hydrogen-bond donors (Lipinski definition) is 0. The predicted octanol–water partition coefficient (Wildman–Crippen LogP) is 17.1. The largest absolute Gasteiger partial charge is 0.311 e. The minimum atomic E-state index is 0.343. The highest BCUT2D eigenvalue weighted by Gasteiger charge is 2.57. The normalized spacial score (nSPS) is 21.1. The van der Waals surface area contributed by atoms with Crippen LogP contribution in [0, 0.1) is 23.7 Å². The molecule has 10 aromatic rings. The van der Waals surface area contributed by atoms with Crippen LogP contribution in [0.2, 0.25) is 0 Å². The molecule has 65 heavy (non-hydrogen) atoms. The Morgan fingerprint density at radius 1 is 0.431 bits per heavy atom. The highest BCUT2D eigenvalue weighted by atomic mass is 15.1. The molecule has 5 atom stereocenters. The number of rotatable bonds is 8. The van der Waals surface area contributed by atoms with Crippen molar-refractivity contribution in [1.82, 2.24) is 4.57 Å². The highest BCUT2D eigenvalue weighted by molar-refractivity contribution is 6.09. The van der Waals surface area contributed by atoms with Crippen molar-refractivity contribution in [3.8, 4) is 39.1 Å². The molecule has 0 radical (unpaired) electrons. The summed E-state index contributed by atoms with van der Waals surface area (Å²) in [6.45, 7) is 2.51. The van der Waals surface area contributed by atoms with Crippen LogP contribution in [0.3, 0.4) is 0 Å². The van der Waals surface area contributed by atoms with Crippen LogP contribution in [-0.2, 0) is 5.41 Å². The zero-order valence-electron chi connectivity index (χ0n) is 36.9. The quantitative estimate of drug-likeness (QED) is 0.148. The van der Waals surface area contributed by atoms with Crippen LogP contribution >= 0.6 is 0 Å². The van der Waals surface area contributed by atoms with Gasteiger partial charge in [0.15, 0.2) is 0 Å². The molecule has 3 aliphatic rings. The van der Waals surface area contributed by atoms with E-state index in [0.29, 0.717) is 5.41 Å². The van der Waals surface area contributed by atoms with Crippen LogP contribution in [0.4, 0.5) is 17.1 Å². The molecule has 2 nitrogen and oxygen atoms in total. The predicted molar refractivity (Wildman–Crippen MR) is 274 cm³/mol. The van der Waals surface area contributed by atoms with Crippen LogP contribution in [-0.4, -0.2) is 4.57 Å². The summed E-state index contributed by atoms with van der Waals surface area (Å²) in [5.74, 6) is 3.68. The second-order valence-corrected chi connectivity index (χ2v) is 19.7. The van der Waals surface area contributed by atoms with E-state index in [9.17, 15) is 0 Å². The van der Waals surface area contributed by atoms with Gasteiger partial charge in [0.1, 0.15) is 0 Å². The van der Waals surface area contributed by atoms with Crippen LogP contribution in [0.15, 0.2) is 212 Å². The first-order valence-corrected chi connectivity index (χ1v) is 23.8. The summed E-state index contributed by atoms with van der Waals surface area (Å²) in [7, 11) is 0. The number of nitrogens with zero attached hydrogens (tertiary/aromatic N) is 2. The van der Waals surface area contributed by atoms with Crippen molar-refractivity contribution in [3.05, 3.63) is 218 Å². The van der Waals surface area contributed by atoms with Gasteiger partial charge in [-0.1, -0.05) is 159 Å². The lowest BCUT2D eigenvalue weighted by molar-refractivity contribution is 0.0780. The van der Waals surface area contributed by atoms with E-state index in [-0.39, 0.29) is 0 Å². The summed E-state index contributed by atoms with van der Waals surface area (Å²) in [5.41, 5.74) is 16.4. The summed E-state index contributed by atoms with van der Waals surface area (Å²) in [5, 5.41) is 5.11. The smallest absolute Gasteiger partial charge is 0.0541 e. The van der Waals surface area contributed by atoms with Crippen molar-refractivity contribution in [1.29, 1.82) is 0 Å². The molecule has 3 fully saturated rings. The number of para-hydroxylation sites is 2. The molecule has 314 valence electrons. The van der Waals surface area contributed by atoms with E-state index >= 15 is 0 Å². The van der Waals surface area contributed by atoms with E-state index in [0.717, 1.165) is 35.0 Å². The van der Waals surface area contributed by atoms with E-state index in [1.807, 2.05) is 0 Å². The van der Waals surface area contributed by atoms with Crippen LogP contribution in [0.1, 0.15) is 44.6 Å². The van der Waals surface area contributed by atoms with E-state index in [4.69, 9.17) is 0 Å². The van der Waals surface area contributed by atoms with Gasteiger partial charge in [0.25, 0.3) is 0 Å². The first-order chi connectivity index (χ1) is 32.0. The lowest BCUT2D eigenvalue weighted by Crippen LogP contribution is -2.34. The van der Waals surface area contributed by atoms with Crippen LogP contribution < -0.4 is 4.90 Å². The van der Waals surface area contributed by atoms with Crippen LogP contribution in [0.5, 0.6) is 0 Å². The second kappa shape index (κ2) is 15.2. The molecule has 0 amide bonds. The number of fused-ring (bicyclic) bond motifs is 5. The fourth-order valence-electron chi connectivity index (χ4n) is 13.0. The lowest BCUT2D eigenvalue weighted by atomic mass is 9.63. The monoisotopic (exact) mass is 836 g/mol.